The van der Waals surface area contributed by atoms with E-state index in [4.69, 9.17) is 4.74 Å². The first-order valence-corrected chi connectivity index (χ1v) is 13.4. The molecular formula is C30H36FNO6. The van der Waals surface area contributed by atoms with Crippen LogP contribution in [-0.4, -0.2) is 51.9 Å². The summed E-state index contributed by atoms with van der Waals surface area (Å²) in [7, 11) is 0. The molecule has 0 saturated heterocycles. The van der Waals surface area contributed by atoms with Gasteiger partial charge in [-0.2, -0.15) is 0 Å². The predicted molar refractivity (Wildman–Crippen MR) is 137 cm³/mol. The Kier molecular flexibility index (Phi) is 6.42. The largest absolute Gasteiger partial charge is 0.441 e. The van der Waals surface area contributed by atoms with Gasteiger partial charge < -0.3 is 20.3 Å². The van der Waals surface area contributed by atoms with Crippen LogP contribution in [-0.2, 0) is 20.9 Å². The normalized spacial score (nSPS) is 41.4. The van der Waals surface area contributed by atoms with Crippen LogP contribution < -0.4 is 5.32 Å². The van der Waals surface area contributed by atoms with Gasteiger partial charge in [-0.3, -0.25) is 9.59 Å². The van der Waals surface area contributed by atoms with Crippen LogP contribution in [0.25, 0.3) is 0 Å². The summed E-state index contributed by atoms with van der Waals surface area (Å²) < 4.78 is 22.4. The van der Waals surface area contributed by atoms with Crippen molar-refractivity contribution in [3.05, 3.63) is 59.7 Å². The van der Waals surface area contributed by atoms with Gasteiger partial charge in [0.15, 0.2) is 18.1 Å². The number of fused-ring (bicyclic) bond motifs is 5. The number of alkyl carbamates (subject to hydrolysis) is 1. The lowest BCUT2D eigenvalue weighted by Gasteiger charge is -2.62. The molecule has 3 N–H and O–H groups in total. The smallest absolute Gasteiger partial charge is 0.407 e. The van der Waals surface area contributed by atoms with E-state index in [2.05, 4.69) is 5.32 Å². The number of rotatable bonds is 5. The van der Waals surface area contributed by atoms with Gasteiger partial charge in [-0.05, 0) is 62.2 Å². The van der Waals surface area contributed by atoms with Crippen molar-refractivity contribution < 1.29 is 33.7 Å². The Morgan fingerprint density at radius 2 is 1.89 bits per heavy atom. The second-order valence-corrected chi connectivity index (χ2v) is 12.0. The van der Waals surface area contributed by atoms with Gasteiger partial charge in [0, 0.05) is 23.3 Å². The molecule has 1 aromatic rings. The van der Waals surface area contributed by atoms with Gasteiger partial charge in [0.2, 0.25) is 5.78 Å². The number of ether oxygens (including phenoxy) is 1. The summed E-state index contributed by atoms with van der Waals surface area (Å²) in [5.74, 6) is -2.35. The van der Waals surface area contributed by atoms with Crippen molar-refractivity contribution in [2.45, 2.75) is 70.4 Å². The summed E-state index contributed by atoms with van der Waals surface area (Å²) in [5, 5.41) is 26.0. The van der Waals surface area contributed by atoms with Gasteiger partial charge in [-0.15, -0.1) is 0 Å². The molecule has 8 heteroatoms. The van der Waals surface area contributed by atoms with E-state index in [1.165, 1.54) is 12.2 Å². The summed E-state index contributed by atoms with van der Waals surface area (Å²) >= 11 is 0. The highest BCUT2D eigenvalue weighted by molar-refractivity contribution is 6.01. The molecule has 5 rings (SSSR count). The molecule has 204 valence electrons. The van der Waals surface area contributed by atoms with Crippen LogP contribution in [0.5, 0.6) is 0 Å². The lowest BCUT2D eigenvalue weighted by Crippen LogP contribution is -2.69. The molecule has 0 aromatic heterocycles. The first-order valence-electron chi connectivity index (χ1n) is 13.4. The molecule has 4 aliphatic carbocycles. The van der Waals surface area contributed by atoms with Crippen LogP contribution in [0.4, 0.5) is 9.18 Å². The average Bonchev–Trinajstić information content (AvgIpc) is 3.09. The number of alkyl halides is 1. The van der Waals surface area contributed by atoms with Crippen molar-refractivity contribution in [3.8, 4) is 0 Å². The molecule has 0 bridgehead atoms. The number of hydrogen-bond donors (Lipinski definition) is 3. The number of Topliss-reactive ketones (excluding diaryl/α,β-unsaturated/α-hetero) is 1. The first-order chi connectivity index (χ1) is 17.9. The Morgan fingerprint density at radius 1 is 1.18 bits per heavy atom. The number of ketones is 2. The Bertz CT molecular complexity index is 1210. The molecule has 4 aliphatic rings. The van der Waals surface area contributed by atoms with E-state index >= 15 is 4.39 Å². The molecule has 1 aromatic carbocycles. The van der Waals surface area contributed by atoms with Gasteiger partial charge in [-0.1, -0.05) is 55.8 Å². The number of halogens is 1. The second kappa shape index (κ2) is 9.12. The van der Waals surface area contributed by atoms with Crippen LogP contribution in [0.1, 0.15) is 52.0 Å². The van der Waals surface area contributed by atoms with Gasteiger partial charge in [0.25, 0.3) is 0 Å². The summed E-state index contributed by atoms with van der Waals surface area (Å²) in [6.45, 7) is 4.86. The number of allylic oxidation sites excluding steroid dienone is 4. The van der Waals surface area contributed by atoms with E-state index < -0.39 is 58.5 Å². The third-order valence-corrected chi connectivity index (χ3v) is 10.3. The van der Waals surface area contributed by atoms with Crippen LogP contribution in [0.15, 0.2) is 54.1 Å². The van der Waals surface area contributed by atoms with Crippen molar-refractivity contribution in [2.75, 3.05) is 6.61 Å². The second-order valence-electron chi connectivity index (χ2n) is 12.0. The molecule has 38 heavy (non-hydrogen) atoms. The van der Waals surface area contributed by atoms with Gasteiger partial charge in [0.1, 0.15) is 5.60 Å². The highest BCUT2D eigenvalue weighted by Crippen LogP contribution is 2.70. The molecule has 7 nitrogen and oxygen atoms in total. The molecule has 0 spiro atoms. The minimum absolute atomic E-state index is 0.123. The van der Waals surface area contributed by atoms with Crippen molar-refractivity contribution in [1.82, 2.24) is 5.32 Å². The Hall–Kier alpha value is -2.84. The number of carbonyl (C=O) groups excluding carboxylic acids is 3. The zero-order valence-electron chi connectivity index (χ0n) is 22.1. The molecule has 8 atom stereocenters. The minimum Gasteiger partial charge on any atom is -0.441 e. The third-order valence-electron chi connectivity index (χ3n) is 10.3. The number of hydrogen-bond acceptors (Lipinski definition) is 6. The first kappa shape index (κ1) is 26.8. The standard InChI is InChI=1S/C30H36FNO6/c1-18-13-23-22-10-9-20-14-21(33)11-12-27(20,2)29(22,31)24(34)15-28(23,3)30(18,37)25(35)17-38-26(36)32-16-19-7-5-4-6-8-19/h4-8,11-12,14,18,22-24,34,37H,9-10,13,15-17H2,1-3H3,(H,32,36)/t18-,22?,23?,24+,27+,28+,29+,30+/m1/s1. The van der Waals surface area contributed by atoms with Gasteiger partial charge >= 0.3 is 6.09 Å². The fraction of sp³-hybridized carbons (Fsp3) is 0.567. The van der Waals surface area contributed by atoms with Crippen LogP contribution in [0.3, 0.4) is 0 Å². The number of nitrogens with one attached hydrogen (secondary N) is 1. The molecule has 0 radical (unpaired) electrons. The third kappa shape index (κ3) is 3.63. The zero-order valence-corrected chi connectivity index (χ0v) is 22.1. The number of benzene rings is 1. The molecule has 3 saturated carbocycles. The molecular weight excluding hydrogens is 489 g/mol. The van der Waals surface area contributed by atoms with Crippen molar-refractivity contribution in [3.63, 3.8) is 0 Å². The number of aliphatic hydroxyl groups is 2. The van der Waals surface area contributed by atoms with Crippen LogP contribution >= 0.6 is 0 Å². The quantitative estimate of drug-likeness (QED) is 0.539. The molecule has 2 unspecified atom stereocenters. The topological polar surface area (TPSA) is 113 Å². The van der Waals surface area contributed by atoms with Crippen LogP contribution in [0.2, 0.25) is 0 Å². The number of amides is 1. The molecule has 0 aliphatic heterocycles. The lowest BCUT2D eigenvalue weighted by atomic mass is 9.44. The maximum Gasteiger partial charge on any atom is 0.407 e. The van der Waals surface area contributed by atoms with Gasteiger partial charge in [-0.25, -0.2) is 9.18 Å². The summed E-state index contributed by atoms with van der Waals surface area (Å²) in [6.07, 6.45) is 3.39. The Balaban J connectivity index is 1.35. The van der Waals surface area contributed by atoms with E-state index in [1.54, 1.807) is 26.8 Å². The van der Waals surface area contributed by atoms with E-state index in [9.17, 15) is 24.6 Å². The number of aliphatic hydroxyl groups excluding tert-OH is 1. The summed E-state index contributed by atoms with van der Waals surface area (Å²) in [4.78, 5) is 37.8. The van der Waals surface area contributed by atoms with E-state index in [0.29, 0.717) is 24.8 Å². The maximum absolute atomic E-state index is 17.2. The molecule has 1 amide bonds. The summed E-state index contributed by atoms with van der Waals surface area (Å²) in [6, 6.07) is 9.25. The van der Waals surface area contributed by atoms with E-state index in [1.807, 2.05) is 30.3 Å². The zero-order chi connectivity index (χ0) is 27.5. The van der Waals surface area contributed by atoms with Gasteiger partial charge in [0.05, 0.1) is 6.10 Å². The van der Waals surface area contributed by atoms with Crippen molar-refractivity contribution in [2.24, 2.45) is 28.6 Å². The molecule has 0 heterocycles. The summed E-state index contributed by atoms with van der Waals surface area (Å²) in [5.41, 5.74) is -4.64. The SMILES string of the molecule is C[C@@H]1CC2C3CCC4=CC(=O)C=C[C@]4(C)[C@@]3(F)[C@@H](O)C[C@]2(C)[C@@]1(O)C(=O)COC(=O)NCc1ccccc1. The van der Waals surface area contributed by atoms with E-state index in [0.717, 1.165) is 5.56 Å². The molecule has 3 fully saturated rings. The lowest BCUT2D eigenvalue weighted by molar-refractivity contribution is -0.219. The monoisotopic (exact) mass is 525 g/mol. The minimum atomic E-state index is -2.04. The fourth-order valence-corrected chi connectivity index (χ4v) is 8.20. The number of carbonyl (C=O) groups is 3. The van der Waals surface area contributed by atoms with Crippen LogP contribution in [0, 0.1) is 28.6 Å². The van der Waals surface area contributed by atoms with Crippen molar-refractivity contribution >= 4 is 17.7 Å². The highest BCUT2D eigenvalue weighted by atomic mass is 19.1. The highest BCUT2D eigenvalue weighted by Gasteiger charge is 2.75. The predicted octanol–water partition coefficient (Wildman–Crippen LogP) is 3.83. The maximum atomic E-state index is 17.2. The average molecular weight is 526 g/mol. The Morgan fingerprint density at radius 3 is 2.61 bits per heavy atom. The van der Waals surface area contributed by atoms with Crippen molar-refractivity contribution in [1.29, 1.82) is 0 Å². The Labute approximate surface area is 222 Å². The van der Waals surface area contributed by atoms with E-state index in [-0.39, 0.29) is 24.7 Å². The fourth-order valence-electron chi connectivity index (χ4n) is 8.20.